The van der Waals surface area contributed by atoms with E-state index in [-0.39, 0.29) is 10.9 Å². The van der Waals surface area contributed by atoms with E-state index in [0.717, 1.165) is 4.47 Å². The second-order valence-electron chi connectivity index (χ2n) is 2.37. The zero-order valence-electron chi connectivity index (χ0n) is 6.13. The molecule has 0 aliphatic rings. The van der Waals surface area contributed by atoms with Gasteiger partial charge in [-0.3, -0.25) is 0 Å². The van der Waals surface area contributed by atoms with E-state index in [1.54, 1.807) is 0 Å². The molecule has 0 bridgehead atoms. The van der Waals surface area contributed by atoms with Crippen LogP contribution >= 0.6 is 26.8 Å². The Morgan fingerprint density at radius 3 is 2.00 bits per heavy atom. The molecule has 0 aliphatic carbocycles. The van der Waals surface area contributed by atoms with E-state index >= 15 is 0 Å². The standard InChI is InChI=1S/C8H11BrS/c1-10(2)8-5-3-7(9)4-6-8/h3-6,10H,1-2H3. The predicted octanol–water partition coefficient (Wildman–Crippen LogP) is 3.07. The highest BCUT2D eigenvalue weighted by Gasteiger charge is 1.92. The van der Waals surface area contributed by atoms with E-state index in [1.165, 1.54) is 4.90 Å². The first-order valence-corrected chi connectivity index (χ1v) is 6.16. The Bertz CT molecular complexity index is 203. The summed E-state index contributed by atoms with van der Waals surface area (Å²) in [6.45, 7) is 0. The van der Waals surface area contributed by atoms with Crippen molar-refractivity contribution < 1.29 is 0 Å². The van der Waals surface area contributed by atoms with Gasteiger partial charge >= 0.3 is 0 Å². The molecule has 0 saturated heterocycles. The molecule has 0 spiro atoms. The van der Waals surface area contributed by atoms with Gasteiger partial charge in [0.2, 0.25) is 0 Å². The van der Waals surface area contributed by atoms with Gasteiger partial charge in [-0.05, 0) is 41.7 Å². The van der Waals surface area contributed by atoms with Crippen LogP contribution in [-0.2, 0) is 0 Å². The quantitative estimate of drug-likeness (QED) is 0.689. The monoisotopic (exact) mass is 218 g/mol. The zero-order valence-corrected chi connectivity index (χ0v) is 8.62. The molecule has 0 nitrogen and oxygen atoms in total. The van der Waals surface area contributed by atoms with Crippen molar-refractivity contribution in [1.82, 2.24) is 0 Å². The van der Waals surface area contributed by atoms with Crippen LogP contribution in [-0.4, -0.2) is 12.5 Å². The molecule has 0 aromatic heterocycles. The number of hydrogen-bond acceptors (Lipinski definition) is 0. The van der Waals surface area contributed by atoms with Crippen LogP contribution in [0.4, 0.5) is 0 Å². The Kier molecular flexibility index (Phi) is 2.81. The summed E-state index contributed by atoms with van der Waals surface area (Å²) in [6, 6.07) is 8.54. The fourth-order valence-corrected chi connectivity index (χ4v) is 1.75. The van der Waals surface area contributed by atoms with Crippen molar-refractivity contribution in [2.75, 3.05) is 12.5 Å². The van der Waals surface area contributed by atoms with Crippen molar-refractivity contribution in [1.29, 1.82) is 0 Å². The van der Waals surface area contributed by atoms with E-state index < -0.39 is 0 Å². The molecule has 0 aliphatic heterocycles. The van der Waals surface area contributed by atoms with Crippen molar-refractivity contribution in [3.63, 3.8) is 0 Å². The molecule has 2 heteroatoms. The maximum absolute atomic E-state index is 3.40. The lowest BCUT2D eigenvalue weighted by molar-refractivity contribution is 1.44. The summed E-state index contributed by atoms with van der Waals surface area (Å²) in [5, 5.41) is 0. The normalized spacial score (nSPS) is 11.3. The molecule has 0 radical (unpaired) electrons. The van der Waals surface area contributed by atoms with Crippen molar-refractivity contribution in [2.45, 2.75) is 4.90 Å². The summed E-state index contributed by atoms with van der Waals surface area (Å²) in [7, 11) is 0.0712. The van der Waals surface area contributed by atoms with Gasteiger partial charge in [0, 0.05) is 4.47 Å². The third-order valence-electron chi connectivity index (χ3n) is 1.34. The van der Waals surface area contributed by atoms with Crippen LogP contribution in [0.1, 0.15) is 0 Å². The number of thiol groups is 1. The van der Waals surface area contributed by atoms with Crippen LogP contribution in [0.2, 0.25) is 0 Å². The maximum Gasteiger partial charge on any atom is 0.0176 e. The molecule has 56 valence electrons. The first kappa shape index (κ1) is 8.15. The minimum Gasteiger partial charge on any atom is -0.233 e. The molecule has 0 N–H and O–H groups in total. The smallest absolute Gasteiger partial charge is 0.0176 e. The zero-order chi connectivity index (χ0) is 7.56. The minimum atomic E-state index is 0.0712. The Labute approximate surface area is 73.1 Å². The van der Waals surface area contributed by atoms with Gasteiger partial charge in [-0.25, -0.2) is 10.9 Å². The number of hydrogen-bond donors (Lipinski definition) is 1. The fraction of sp³-hybridized carbons (Fsp3) is 0.250. The summed E-state index contributed by atoms with van der Waals surface area (Å²) in [6.07, 6.45) is 4.52. The molecule has 0 amide bonds. The summed E-state index contributed by atoms with van der Waals surface area (Å²) in [5.74, 6) is 0. The van der Waals surface area contributed by atoms with Crippen LogP contribution in [0.15, 0.2) is 33.6 Å². The minimum absolute atomic E-state index is 0.0712. The molecule has 0 atom stereocenters. The summed E-state index contributed by atoms with van der Waals surface area (Å²) < 4.78 is 1.16. The highest BCUT2D eigenvalue weighted by molar-refractivity contribution is 9.10. The second kappa shape index (κ2) is 3.44. The van der Waals surface area contributed by atoms with Crippen molar-refractivity contribution >= 4 is 26.8 Å². The molecule has 1 aromatic carbocycles. The molecule has 1 aromatic rings. The third-order valence-corrected chi connectivity index (χ3v) is 3.20. The van der Waals surface area contributed by atoms with Gasteiger partial charge in [-0.2, -0.15) is 0 Å². The molecule has 1 rings (SSSR count). The number of benzene rings is 1. The first-order chi connectivity index (χ1) is 4.70. The first-order valence-electron chi connectivity index (χ1n) is 3.13. The Morgan fingerprint density at radius 2 is 1.60 bits per heavy atom. The Balaban J connectivity index is 2.89. The number of rotatable bonds is 1. The predicted molar refractivity (Wildman–Crippen MR) is 53.2 cm³/mol. The van der Waals surface area contributed by atoms with Gasteiger partial charge in [0.25, 0.3) is 0 Å². The highest BCUT2D eigenvalue weighted by atomic mass is 79.9. The van der Waals surface area contributed by atoms with Crippen LogP contribution in [0.5, 0.6) is 0 Å². The Morgan fingerprint density at radius 1 is 1.10 bits per heavy atom. The number of halogens is 1. The molecule has 0 heterocycles. The summed E-state index contributed by atoms with van der Waals surface area (Å²) >= 11 is 3.40. The van der Waals surface area contributed by atoms with Crippen LogP contribution in [0.25, 0.3) is 0 Å². The molecular formula is C8H11BrS. The molecule has 0 fully saturated rings. The van der Waals surface area contributed by atoms with E-state index in [4.69, 9.17) is 0 Å². The average molecular weight is 219 g/mol. The summed E-state index contributed by atoms with van der Waals surface area (Å²) in [5.41, 5.74) is 0. The molecular weight excluding hydrogens is 208 g/mol. The van der Waals surface area contributed by atoms with E-state index in [1.807, 2.05) is 0 Å². The van der Waals surface area contributed by atoms with E-state index in [0.29, 0.717) is 0 Å². The SMILES string of the molecule is C[SH](C)c1ccc(Br)cc1. The van der Waals surface area contributed by atoms with E-state index in [2.05, 4.69) is 52.7 Å². The van der Waals surface area contributed by atoms with Gasteiger partial charge in [-0.15, -0.1) is 0 Å². The summed E-state index contributed by atoms with van der Waals surface area (Å²) in [4.78, 5) is 1.46. The van der Waals surface area contributed by atoms with Crippen LogP contribution in [0, 0.1) is 0 Å². The van der Waals surface area contributed by atoms with Gasteiger partial charge in [-0.1, -0.05) is 15.9 Å². The molecule has 0 saturated carbocycles. The topological polar surface area (TPSA) is 0 Å². The van der Waals surface area contributed by atoms with E-state index in [9.17, 15) is 0 Å². The van der Waals surface area contributed by atoms with Crippen molar-refractivity contribution in [3.05, 3.63) is 28.7 Å². The Hall–Kier alpha value is 0.0500. The van der Waals surface area contributed by atoms with Crippen molar-refractivity contribution in [2.24, 2.45) is 0 Å². The third kappa shape index (κ3) is 2.03. The van der Waals surface area contributed by atoms with Crippen molar-refractivity contribution in [3.8, 4) is 0 Å². The second-order valence-corrected chi connectivity index (χ2v) is 5.59. The fourth-order valence-electron chi connectivity index (χ4n) is 0.739. The molecule has 0 unspecified atom stereocenters. The maximum atomic E-state index is 3.40. The van der Waals surface area contributed by atoms with Gasteiger partial charge in [0.1, 0.15) is 0 Å². The van der Waals surface area contributed by atoms with Crippen LogP contribution < -0.4 is 0 Å². The average Bonchev–Trinajstić information content (AvgIpc) is 1.88. The lowest BCUT2D eigenvalue weighted by atomic mass is 10.4. The molecule has 10 heavy (non-hydrogen) atoms. The lowest BCUT2D eigenvalue weighted by Gasteiger charge is -2.08. The van der Waals surface area contributed by atoms with Crippen LogP contribution in [0.3, 0.4) is 0 Å². The largest absolute Gasteiger partial charge is 0.233 e. The van der Waals surface area contributed by atoms with Gasteiger partial charge < -0.3 is 0 Å². The lowest BCUT2D eigenvalue weighted by Crippen LogP contribution is -1.75. The van der Waals surface area contributed by atoms with Gasteiger partial charge in [0.15, 0.2) is 0 Å². The van der Waals surface area contributed by atoms with Gasteiger partial charge in [0.05, 0.1) is 0 Å². The highest BCUT2D eigenvalue weighted by Crippen LogP contribution is 2.28.